The van der Waals surface area contributed by atoms with Gasteiger partial charge in [0.2, 0.25) is 0 Å². The molecule has 0 atom stereocenters. The summed E-state index contributed by atoms with van der Waals surface area (Å²) in [6.07, 6.45) is 6.20. The molecule has 29 heavy (non-hydrogen) atoms. The minimum Gasteiger partial charge on any atom is -0.480 e. The Morgan fingerprint density at radius 3 is 2.45 bits per heavy atom. The zero-order valence-electron chi connectivity index (χ0n) is 16.6. The van der Waals surface area contributed by atoms with E-state index >= 15 is 0 Å². The van der Waals surface area contributed by atoms with E-state index in [4.69, 9.17) is 19.3 Å². The number of carboxylic acids is 1. The van der Waals surface area contributed by atoms with Gasteiger partial charge < -0.3 is 19.3 Å². The van der Waals surface area contributed by atoms with Crippen molar-refractivity contribution in [2.45, 2.75) is 44.1 Å². The predicted octanol–water partition coefficient (Wildman–Crippen LogP) is 5.15. The molecule has 2 aliphatic heterocycles. The topological polar surface area (TPSA) is 65.0 Å². The van der Waals surface area contributed by atoms with E-state index in [1.165, 1.54) is 5.56 Å². The second kappa shape index (κ2) is 8.56. The molecule has 1 N–H and O–H groups in total. The third kappa shape index (κ3) is 4.62. The molecule has 2 aromatic rings. The number of hydrogen-bond acceptors (Lipinski definition) is 4. The summed E-state index contributed by atoms with van der Waals surface area (Å²) in [7, 11) is 0. The Kier molecular flexibility index (Phi) is 5.88. The molecule has 0 spiro atoms. The smallest absolute Gasteiger partial charge is 0.329 e. The molecule has 2 aromatic carbocycles. The van der Waals surface area contributed by atoms with Gasteiger partial charge in [-0.25, -0.2) is 4.79 Å². The normalized spacial score (nSPS) is 25.7. The molecular formula is C24H28O5. The molecule has 154 valence electrons. The number of carbonyl (C=O) groups is 1. The summed E-state index contributed by atoms with van der Waals surface area (Å²) < 4.78 is 17.7. The summed E-state index contributed by atoms with van der Waals surface area (Å²) in [5.74, 6) is 0.759. The first kappa shape index (κ1) is 19.9. The maximum Gasteiger partial charge on any atom is 0.329 e. The number of hydrogen-bond donors (Lipinski definition) is 1. The van der Waals surface area contributed by atoms with E-state index in [9.17, 15) is 4.79 Å². The SMILES string of the molecule is O=C(O)COCCCC12CCC(c3cccc(Oc4ccccc4)c3)(CC1)OC2. The molecule has 0 aromatic heterocycles. The number of benzene rings is 2. The zero-order chi connectivity index (χ0) is 20.2. The highest BCUT2D eigenvalue weighted by Crippen LogP contribution is 2.55. The monoisotopic (exact) mass is 396 g/mol. The quantitative estimate of drug-likeness (QED) is 0.594. The fourth-order valence-electron chi connectivity index (χ4n) is 4.63. The Morgan fingerprint density at radius 2 is 1.76 bits per heavy atom. The van der Waals surface area contributed by atoms with Gasteiger partial charge in [0, 0.05) is 6.61 Å². The van der Waals surface area contributed by atoms with Crippen molar-refractivity contribution in [2.75, 3.05) is 19.8 Å². The van der Waals surface area contributed by atoms with E-state index in [-0.39, 0.29) is 17.6 Å². The van der Waals surface area contributed by atoms with Gasteiger partial charge in [-0.05, 0) is 73.8 Å². The average molecular weight is 396 g/mol. The average Bonchev–Trinajstić information content (AvgIpc) is 2.75. The molecule has 3 aliphatic rings. The van der Waals surface area contributed by atoms with Crippen LogP contribution in [0, 0.1) is 5.41 Å². The van der Waals surface area contributed by atoms with Crippen molar-refractivity contribution in [2.24, 2.45) is 5.41 Å². The van der Waals surface area contributed by atoms with Gasteiger partial charge in [-0.1, -0.05) is 30.3 Å². The number of aliphatic carboxylic acids is 1. The zero-order valence-corrected chi connectivity index (χ0v) is 16.6. The number of ether oxygens (including phenoxy) is 3. The number of rotatable bonds is 9. The third-order valence-electron chi connectivity index (χ3n) is 6.33. The first-order valence-electron chi connectivity index (χ1n) is 10.4. The minimum atomic E-state index is -0.912. The van der Waals surface area contributed by atoms with Crippen molar-refractivity contribution in [3.05, 3.63) is 60.2 Å². The van der Waals surface area contributed by atoms with Crippen LogP contribution >= 0.6 is 0 Å². The highest BCUT2D eigenvalue weighted by Gasteiger charge is 2.50. The first-order chi connectivity index (χ1) is 14.1. The Hall–Kier alpha value is -2.37. The second-order valence-corrected chi connectivity index (χ2v) is 8.28. The van der Waals surface area contributed by atoms with Gasteiger partial charge >= 0.3 is 5.97 Å². The van der Waals surface area contributed by atoms with E-state index in [0.717, 1.165) is 56.6 Å². The highest BCUT2D eigenvalue weighted by atomic mass is 16.5. The number of para-hydroxylation sites is 1. The first-order valence-corrected chi connectivity index (χ1v) is 10.4. The van der Waals surface area contributed by atoms with Crippen molar-refractivity contribution in [1.29, 1.82) is 0 Å². The summed E-state index contributed by atoms with van der Waals surface area (Å²) in [5, 5.41) is 8.65. The van der Waals surface area contributed by atoms with Crippen LogP contribution in [0.3, 0.4) is 0 Å². The standard InChI is InChI=1S/C24H28O5/c25-22(26)17-27-15-5-10-23-11-13-24(14-12-23,28-18-23)19-6-4-9-21(16-19)29-20-7-2-1-3-8-20/h1-4,6-9,16H,5,10-15,17-18H2,(H,25,26). The van der Waals surface area contributed by atoms with Gasteiger partial charge in [-0.15, -0.1) is 0 Å². The van der Waals surface area contributed by atoms with Crippen molar-refractivity contribution >= 4 is 5.97 Å². The van der Waals surface area contributed by atoms with E-state index in [0.29, 0.717) is 6.61 Å². The molecule has 3 fully saturated rings. The highest BCUT2D eigenvalue weighted by molar-refractivity contribution is 5.67. The molecular weight excluding hydrogens is 368 g/mol. The van der Waals surface area contributed by atoms with Crippen molar-refractivity contribution < 1.29 is 24.1 Å². The Labute approximate surface area is 171 Å². The van der Waals surface area contributed by atoms with Gasteiger partial charge in [0.15, 0.2) is 0 Å². The lowest BCUT2D eigenvalue weighted by atomic mass is 9.62. The fourth-order valence-corrected chi connectivity index (χ4v) is 4.63. The molecule has 5 heteroatoms. The second-order valence-electron chi connectivity index (χ2n) is 8.28. The van der Waals surface area contributed by atoms with Gasteiger partial charge in [-0.3, -0.25) is 0 Å². The number of carboxylic acid groups (broad SMARTS) is 1. The van der Waals surface area contributed by atoms with Crippen LogP contribution in [0.15, 0.2) is 54.6 Å². The Balaban J connectivity index is 1.36. The molecule has 2 saturated heterocycles. The molecule has 1 aliphatic carbocycles. The lowest BCUT2D eigenvalue weighted by Crippen LogP contribution is -2.49. The maximum absolute atomic E-state index is 10.5. The van der Waals surface area contributed by atoms with Crippen LogP contribution in [0.25, 0.3) is 0 Å². The van der Waals surface area contributed by atoms with E-state index in [1.807, 2.05) is 42.5 Å². The van der Waals surface area contributed by atoms with Crippen LogP contribution in [-0.4, -0.2) is 30.9 Å². The van der Waals surface area contributed by atoms with Crippen molar-refractivity contribution in [3.63, 3.8) is 0 Å². The molecule has 0 radical (unpaired) electrons. The molecule has 5 rings (SSSR count). The predicted molar refractivity (Wildman–Crippen MR) is 109 cm³/mol. The van der Waals surface area contributed by atoms with Crippen LogP contribution in [0.2, 0.25) is 0 Å². The van der Waals surface area contributed by atoms with Crippen LogP contribution in [0.4, 0.5) is 0 Å². The molecule has 1 saturated carbocycles. The largest absolute Gasteiger partial charge is 0.480 e. The van der Waals surface area contributed by atoms with Crippen LogP contribution < -0.4 is 4.74 Å². The maximum atomic E-state index is 10.5. The lowest BCUT2D eigenvalue weighted by Gasteiger charge is -2.53. The summed E-state index contributed by atoms with van der Waals surface area (Å²) in [4.78, 5) is 10.5. The van der Waals surface area contributed by atoms with Crippen LogP contribution in [0.5, 0.6) is 11.5 Å². The summed E-state index contributed by atoms with van der Waals surface area (Å²) in [6.45, 7) is 1.04. The summed E-state index contributed by atoms with van der Waals surface area (Å²) >= 11 is 0. The molecule has 0 amide bonds. The van der Waals surface area contributed by atoms with Crippen molar-refractivity contribution in [1.82, 2.24) is 0 Å². The van der Waals surface area contributed by atoms with E-state index in [2.05, 4.69) is 12.1 Å². The van der Waals surface area contributed by atoms with Gasteiger partial charge in [0.1, 0.15) is 18.1 Å². The van der Waals surface area contributed by atoms with E-state index in [1.54, 1.807) is 0 Å². The molecule has 2 heterocycles. The van der Waals surface area contributed by atoms with Crippen molar-refractivity contribution in [3.8, 4) is 11.5 Å². The third-order valence-corrected chi connectivity index (χ3v) is 6.33. The summed E-state index contributed by atoms with van der Waals surface area (Å²) in [5.41, 5.74) is 1.20. The molecule has 0 unspecified atom stereocenters. The van der Waals surface area contributed by atoms with E-state index < -0.39 is 5.97 Å². The minimum absolute atomic E-state index is 0.211. The lowest BCUT2D eigenvalue weighted by molar-refractivity contribution is -0.192. The van der Waals surface area contributed by atoms with Gasteiger partial charge in [-0.2, -0.15) is 0 Å². The number of fused-ring (bicyclic) bond motifs is 3. The molecule has 2 bridgehead atoms. The Morgan fingerprint density at radius 1 is 1.00 bits per heavy atom. The Bertz CT molecular complexity index is 808. The van der Waals surface area contributed by atoms with Gasteiger partial charge in [0.05, 0.1) is 12.2 Å². The van der Waals surface area contributed by atoms with Crippen LogP contribution in [0.1, 0.15) is 44.1 Å². The van der Waals surface area contributed by atoms with Crippen LogP contribution in [-0.2, 0) is 19.9 Å². The molecule has 5 nitrogen and oxygen atoms in total. The summed E-state index contributed by atoms with van der Waals surface area (Å²) in [6, 6.07) is 18.1. The van der Waals surface area contributed by atoms with Gasteiger partial charge in [0.25, 0.3) is 0 Å². The fraction of sp³-hybridized carbons (Fsp3) is 0.458.